The first kappa shape index (κ1) is 24.2. The summed E-state index contributed by atoms with van der Waals surface area (Å²) in [6.07, 6.45) is 12.3. The number of rotatable bonds is 4. The van der Waals surface area contributed by atoms with E-state index in [2.05, 4.69) is 95.9 Å². The van der Waals surface area contributed by atoms with E-state index in [0.717, 1.165) is 44.3 Å². The van der Waals surface area contributed by atoms with Gasteiger partial charge in [-0.25, -0.2) is 0 Å². The minimum Gasteiger partial charge on any atom is -0.339 e. The summed E-state index contributed by atoms with van der Waals surface area (Å²) >= 11 is 0. The molecular formula is C37H35NO. The fourth-order valence-corrected chi connectivity index (χ4v) is 7.08. The minimum absolute atomic E-state index is 0.169. The van der Waals surface area contributed by atoms with E-state index in [9.17, 15) is 4.79 Å². The Kier molecular flexibility index (Phi) is 6.40. The van der Waals surface area contributed by atoms with Crippen LogP contribution in [0.2, 0.25) is 0 Å². The summed E-state index contributed by atoms with van der Waals surface area (Å²) < 4.78 is 0. The Morgan fingerprint density at radius 2 is 1.67 bits per heavy atom. The maximum atomic E-state index is 13.5. The molecule has 3 aliphatic rings. The summed E-state index contributed by atoms with van der Waals surface area (Å²) in [5, 5.41) is 2.74. The highest BCUT2D eigenvalue weighted by molar-refractivity contribution is 5.96. The molecule has 0 spiro atoms. The van der Waals surface area contributed by atoms with Gasteiger partial charge < -0.3 is 4.90 Å². The van der Waals surface area contributed by atoms with Gasteiger partial charge >= 0.3 is 0 Å². The van der Waals surface area contributed by atoms with Crippen molar-refractivity contribution in [3.05, 3.63) is 136 Å². The molecular weight excluding hydrogens is 474 g/mol. The normalized spacial score (nSPS) is 17.3. The van der Waals surface area contributed by atoms with E-state index in [0.29, 0.717) is 5.92 Å². The second-order valence-electron chi connectivity index (χ2n) is 11.4. The van der Waals surface area contributed by atoms with Crippen molar-refractivity contribution in [2.75, 3.05) is 13.1 Å². The highest BCUT2D eigenvalue weighted by Gasteiger charge is 2.25. The zero-order valence-corrected chi connectivity index (χ0v) is 22.5. The Hall–Kier alpha value is -3.91. The highest BCUT2D eigenvalue weighted by atomic mass is 16.2. The summed E-state index contributed by atoms with van der Waals surface area (Å²) in [5.74, 6) is 0.719. The molecule has 1 fully saturated rings. The fourth-order valence-electron chi connectivity index (χ4n) is 7.08. The molecule has 0 saturated carbocycles. The standard InChI is InChI=1S/C37H35NO/c39-37(38-22-20-28(21-23-38)27-9-2-1-3-10-27)32-14-6-8-26(25-32)24-31-13-7-12-30-17-18-34-33-15-5-4-11-29(33)16-19-35(34)36(30)31/h1-3,5-10,12-15,17-18,25,28H,4,11,16,19-24H2. The zero-order chi connectivity index (χ0) is 26.2. The molecule has 39 heavy (non-hydrogen) atoms. The van der Waals surface area contributed by atoms with Crippen LogP contribution in [0.4, 0.5) is 0 Å². The van der Waals surface area contributed by atoms with Crippen LogP contribution in [-0.4, -0.2) is 23.9 Å². The van der Waals surface area contributed by atoms with Crippen molar-refractivity contribution >= 4 is 22.3 Å². The average molecular weight is 510 g/mol. The van der Waals surface area contributed by atoms with Crippen LogP contribution in [0.1, 0.15) is 76.2 Å². The van der Waals surface area contributed by atoms with Gasteiger partial charge in [-0.1, -0.05) is 90.5 Å². The molecule has 0 atom stereocenters. The summed E-state index contributed by atoms with van der Waals surface area (Å²) in [7, 11) is 0. The van der Waals surface area contributed by atoms with Crippen LogP contribution < -0.4 is 0 Å². The van der Waals surface area contributed by atoms with Gasteiger partial charge in [-0.05, 0) is 107 Å². The van der Waals surface area contributed by atoms with E-state index >= 15 is 0 Å². The fraction of sp³-hybridized carbons (Fsp3) is 0.270. The van der Waals surface area contributed by atoms with Crippen LogP contribution in [0, 0.1) is 0 Å². The lowest BCUT2D eigenvalue weighted by Crippen LogP contribution is -2.37. The van der Waals surface area contributed by atoms with E-state index in [1.807, 2.05) is 6.07 Å². The number of benzene rings is 4. The Bertz CT molecular complexity index is 1600. The molecule has 0 bridgehead atoms. The average Bonchev–Trinajstić information content (AvgIpc) is 3.01. The molecule has 7 rings (SSSR count). The first-order valence-corrected chi connectivity index (χ1v) is 14.6. The first-order chi connectivity index (χ1) is 19.2. The Morgan fingerprint density at radius 3 is 2.54 bits per heavy atom. The number of fused-ring (bicyclic) bond motifs is 4. The number of nitrogens with zero attached hydrogens (tertiary/aromatic N) is 1. The van der Waals surface area contributed by atoms with Gasteiger partial charge in [0.15, 0.2) is 0 Å². The Morgan fingerprint density at radius 1 is 0.821 bits per heavy atom. The second-order valence-corrected chi connectivity index (χ2v) is 11.4. The number of carbonyl (C=O) groups excluding carboxylic acids is 1. The van der Waals surface area contributed by atoms with Crippen LogP contribution in [0.15, 0.2) is 103 Å². The van der Waals surface area contributed by atoms with E-state index in [1.165, 1.54) is 63.4 Å². The second kappa shape index (κ2) is 10.3. The van der Waals surface area contributed by atoms with Crippen LogP contribution in [-0.2, 0) is 12.8 Å². The lowest BCUT2D eigenvalue weighted by Gasteiger charge is -2.32. The van der Waals surface area contributed by atoms with Crippen molar-refractivity contribution in [2.24, 2.45) is 0 Å². The molecule has 4 aromatic rings. The van der Waals surface area contributed by atoms with Crippen molar-refractivity contribution < 1.29 is 4.79 Å². The van der Waals surface area contributed by atoms with Gasteiger partial charge in [-0.15, -0.1) is 0 Å². The van der Waals surface area contributed by atoms with Gasteiger partial charge in [0.1, 0.15) is 0 Å². The van der Waals surface area contributed by atoms with Crippen molar-refractivity contribution in [3.8, 4) is 0 Å². The Balaban J connectivity index is 1.13. The number of amides is 1. The van der Waals surface area contributed by atoms with Crippen LogP contribution in [0.5, 0.6) is 0 Å². The molecule has 2 heteroatoms. The molecule has 1 saturated heterocycles. The molecule has 4 aromatic carbocycles. The van der Waals surface area contributed by atoms with Gasteiger partial charge in [0.05, 0.1) is 0 Å². The van der Waals surface area contributed by atoms with E-state index in [-0.39, 0.29) is 5.91 Å². The number of hydrogen-bond donors (Lipinski definition) is 0. The van der Waals surface area contributed by atoms with Gasteiger partial charge in [-0.3, -0.25) is 4.79 Å². The van der Waals surface area contributed by atoms with Crippen LogP contribution >= 0.6 is 0 Å². The van der Waals surface area contributed by atoms with Crippen molar-refractivity contribution in [2.45, 2.75) is 50.9 Å². The quantitative estimate of drug-likeness (QED) is 0.270. The van der Waals surface area contributed by atoms with Gasteiger partial charge in [0.2, 0.25) is 0 Å². The molecule has 0 unspecified atom stereocenters. The van der Waals surface area contributed by atoms with Crippen LogP contribution in [0.3, 0.4) is 0 Å². The summed E-state index contributed by atoms with van der Waals surface area (Å²) in [5.41, 5.74) is 10.8. The molecule has 2 nitrogen and oxygen atoms in total. The molecule has 2 aliphatic carbocycles. The Labute approximate surface area is 231 Å². The summed E-state index contributed by atoms with van der Waals surface area (Å²) in [6.45, 7) is 1.65. The van der Waals surface area contributed by atoms with Crippen LogP contribution in [0.25, 0.3) is 16.3 Å². The number of hydrogen-bond acceptors (Lipinski definition) is 1. The molecule has 194 valence electrons. The number of likely N-dealkylation sites (tertiary alicyclic amines) is 1. The summed E-state index contributed by atoms with van der Waals surface area (Å²) in [4.78, 5) is 15.6. The van der Waals surface area contributed by atoms with Crippen molar-refractivity contribution in [1.82, 2.24) is 4.90 Å². The molecule has 0 N–H and O–H groups in total. The van der Waals surface area contributed by atoms with Gasteiger partial charge in [0.25, 0.3) is 5.91 Å². The maximum Gasteiger partial charge on any atom is 0.253 e. The SMILES string of the molecule is O=C(c1cccc(Cc2cccc3ccc4c(c23)CCC2=C4C=CCC2)c1)N1CCC(c2ccccc2)CC1. The molecule has 1 heterocycles. The smallest absolute Gasteiger partial charge is 0.253 e. The lowest BCUT2D eigenvalue weighted by molar-refractivity contribution is 0.0713. The third kappa shape index (κ3) is 4.63. The van der Waals surface area contributed by atoms with Crippen molar-refractivity contribution in [3.63, 3.8) is 0 Å². The first-order valence-electron chi connectivity index (χ1n) is 14.6. The number of aryl methyl sites for hydroxylation is 1. The topological polar surface area (TPSA) is 20.3 Å². The lowest BCUT2D eigenvalue weighted by atomic mass is 9.78. The minimum atomic E-state index is 0.169. The van der Waals surface area contributed by atoms with Crippen molar-refractivity contribution in [1.29, 1.82) is 0 Å². The predicted octanol–water partition coefficient (Wildman–Crippen LogP) is 8.50. The zero-order valence-electron chi connectivity index (χ0n) is 22.5. The molecule has 1 aliphatic heterocycles. The van der Waals surface area contributed by atoms with E-state index < -0.39 is 0 Å². The monoisotopic (exact) mass is 509 g/mol. The molecule has 1 amide bonds. The van der Waals surface area contributed by atoms with Gasteiger partial charge in [0, 0.05) is 18.7 Å². The number of carbonyl (C=O) groups is 1. The number of piperidine rings is 1. The van der Waals surface area contributed by atoms with E-state index in [4.69, 9.17) is 0 Å². The van der Waals surface area contributed by atoms with E-state index in [1.54, 1.807) is 5.57 Å². The molecule has 0 aromatic heterocycles. The third-order valence-electron chi connectivity index (χ3n) is 9.11. The maximum absolute atomic E-state index is 13.5. The third-order valence-corrected chi connectivity index (χ3v) is 9.11. The largest absolute Gasteiger partial charge is 0.339 e. The van der Waals surface area contributed by atoms with Gasteiger partial charge in [-0.2, -0.15) is 0 Å². The highest BCUT2D eigenvalue weighted by Crippen LogP contribution is 2.41. The number of allylic oxidation sites excluding steroid dienone is 4. The molecule has 0 radical (unpaired) electrons. The summed E-state index contributed by atoms with van der Waals surface area (Å²) in [6, 6.07) is 30.5. The predicted molar refractivity (Wildman–Crippen MR) is 161 cm³/mol.